The molecule has 1 aromatic heterocycles. The second-order valence-electron chi connectivity index (χ2n) is 4.68. The van der Waals surface area contributed by atoms with Gasteiger partial charge in [0.1, 0.15) is 17.6 Å². The molecule has 4 nitrogen and oxygen atoms in total. The minimum atomic E-state index is -0.473. The molecule has 0 unspecified atom stereocenters. The van der Waals surface area contributed by atoms with Crippen LogP contribution in [0.5, 0.6) is 0 Å². The Bertz CT molecular complexity index is 452. The minimum absolute atomic E-state index is 0.118. The van der Waals surface area contributed by atoms with Crippen molar-refractivity contribution in [3.05, 3.63) is 23.4 Å². The quantitative estimate of drug-likeness (QED) is 0.784. The number of nitriles is 1. The van der Waals surface area contributed by atoms with Crippen LogP contribution >= 0.6 is 0 Å². The molecule has 0 spiro atoms. The van der Waals surface area contributed by atoms with Crippen LogP contribution in [0.15, 0.2) is 12.1 Å². The average Bonchev–Trinajstić information content (AvgIpc) is 2.19. The molecule has 0 aliphatic heterocycles. The van der Waals surface area contributed by atoms with E-state index in [1.807, 2.05) is 26.8 Å². The second-order valence-corrected chi connectivity index (χ2v) is 4.68. The first kappa shape index (κ1) is 12.2. The van der Waals surface area contributed by atoms with Crippen molar-refractivity contribution in [1.29, 1.82) is 5.26 Å². The van der Waals surface area contributed by atoms with Crippen molar-refractivity contribution in [2.75, 3.05) is 5.32 Å². The molecule has 1 rings (SSSR count). The fourth-order valence-corrected chi connectivity index (χ4v) is 1.02. The molecule has 0 saturated carbocycles. The summed E-state index contributed by atoms with van der Waals surface area (Å²) in [5, 5.41) is 11.5. The average molecular weight is 217 g/mol. The van der Waals surface area contributed by atoms with Crippen LogP contribution in [0.3, 0.4) is 0 Å². The summed E-state index contributed by atoms with van der Waals surface area (Å²) in [5.41, 5.74) is 0.669. The molecule has 0 aliphatic carbocycles. The van der Waals surface area contributed by atoms with Gasteiger partial charge in [-0.05, 0) is 18.6 Å². The highest BCUT2D eigenvalue weighted by molar-refractivity contribution is 5.93. The van der Waals surface area contributed by atoms with Gasteiger partial charge in [0.15, 0.2) is 0 Å². The number of hydrogen-bond acceptors (Lipinski definition) is 3. The zero-order valence-corrected chi connectivity index (χ0v) is 9.96. The van der Waals surface area contributed by atoms with Gasteiger partial charge in [-0.3, -0.25) is 4.79 Å². The molecular weight excluding hydrogens is 202 g/mol. The second kappa shape index (κ2) is 4.31. The Labute approximate surface area is 95.3 Å². The topological polar surface area (TPSA) is 65.8 Å². The predicted octanol–water partition coefficient (Wildman–Crippen LogP) is 2.25. The van der Waals surface area contributed by atoms with Gasteiger partial charge in [0.05, 0.1) is 0 Å². The van der Waals surface area contributed by atoms with Gasteiger partial charge in [-0.1, -0.05) is 26.8 Å². The van der Waals surface area contributed by atoms with Gasteiger partial charge in [-0.25, -0.2) is 4.98 Å². The third kappa shape index (κ3) is 2.80. The summed E-state index contributed by atoms with van der Waals surface area (Å²) in [7, 11) is 0. The maximum atomic E-state index is 11.7. The Morgan fingerprint density at radius 1 is 1.44 bits per heavy atom. The molecule has 0 bridgehead atoms. The molecule has 0 aromatic carbocycles. The number of nitrogens with zero attached hydrogens (tertiary/aromatic N) is 2. The van der Waals surface area contributed by atoms with Crippen LogP contribution in [0, 0.1) is 23.7 Å². The van der Waals surface area contributed by atoms with Crippen LogP contribution in [-0.4, -0.2) is 10.9 Å². The molecule has 0 aliphatic rings. The summed E-state index contributed by atoms with van der Waals surface area (Å²) in [5.74, 6) is 0.301. The lowest BCUT2D eigenvalue weighted by Crippen LogP contribution is -2.28. The molecule has 1 N–H and O–H groups in total. The maximum absolute atomic E-state index is 11.7. The van der Waals surface area contributed by atoms with Crippen LogP contribution in [0.1, 0.15) is 32.0 Å². The smallest absolute Gasteiger partial charge is 0.230 e. The highest BCUT2D eigenvalue weighted by Gasteiger charge is 2.21. The number of aryl methyl sites for hydroxylation is 1. The third-order valence-corrected chi connectivity index (χ3v) is 2.13. The van der Waals surface area contributed by atoms with Crippen LogP contribution in [0.25, 0.3) is 0 Å². The zero-order valence-electron chi connectivity index (χ0n) is 9.96. The number of amides is 1. The number of carbonyl (C=O) groups is 1. The fraction of sp³-hybridized carbons (Fsp3) is 0.417. The van der Waals surface area contributed by atoms with E-state index in [2.05, 4.69) is 10.3 Å². The molecule has 0 saturated heterocycles. The summed E-state index contributed by atoms with van der Waals surface area (Å²) in [4.78, 5) is 15.7. The Kier molecular flexibility index (Phi) is 3.28. The van der Waals surface area contributed by atoms with Crippen molar-refractivity contribution in [3.63, 3.8) is 0 Å². The first-order valence-electron chi connectivity index (χ1n) is 5.04. The largest absolute Gasteiger partial charge is 0.310 e. The lowest BCUT2D eigenvalue weighted by atomic mass is 9.96. The molecule has 1 amide bonds. The molecular formula is C12H15N3O. The summed E-state index contributed by atoms with van der Waals surface area (Å²) in [6.45, 7) is 7.27. The molecule has 16 heavy (non-hydrogen) atoms. The highest BCUT2D eigenvalue weighted by atomic mass is 16.2. The van der Waals surface area contributed by atoms with E-state index in [0.29, 0.717) is 11.5 Å². The maximum Gasteiger partial charge on any atom is 0.230 e. The fourth-order valence-electron chi connectivity index (χ4n) is 1.02. The van der Waals surface area contributed by atoms with E-state index in [9.17, 15) is 4.79 Å². The number of anilines is 1. The number of carbonyl (C=O) groups excluding carboxylic acids is 1. The minimum Gasteiger partial charge on any atom is -0.310 e. The number of rotatable bonds is 1. The van der Waals surface area contributed by atoms with Crippen LogP contribution in [0.2, 0.25) is 0 Å². The summed E-state index contributed by atoms with van der Waals surface area (Å²) < 4.78 is 0. The Morgan fingerprint density at radius 2 is 2.06 bits per heavy atom. The van der Waals surface area contributed by atoms with E-state index in [-0.39, 0.29) is 5.91 Å². The third-order valence-electron chi connectivity index (χ3n) is 2.13. The number of aromatic nitrogens is 1. The van der Waals surface area contributed by atoms with Gasteiger partial charge in [0, 0.05) is 5.41 Å². The molecule has 4 heteroatoms. The number of hydrogen-bond donors (Lipinski definition) is 1. The first-order valence-corrected chi connectivity index (χ1v) is 5.04. The first-order chi connectivity index (χ1) is 7.34. The van der Waals surface area contributed by atoms with Crippen molar-refractivity contribution < 1.29 is 4.79 Å². The van der Waals surface area contributed by atoms with Crippen molar-refractivity contribution in [3.8, 4) is 6.07 Å². The van der Waals surface area contributed by atoms with Crippen molar-refractivity contribution in [2.45, 2.75) is 27.7 Å². The van der Waals surface area contributed by atoms with Gasteiger partial charge in [0.2, 0.25) is 5.91 Å². The molecule has 0 radical (unpaired) electrons. The van der Waals surface area contributed by atoms with Gasteiger partial charge in [-0.2, -0.15) is 5.26 Å². The lowest BCUT2D eigenvalue weighted by molar-refractivity contribution is -0.123. The Hall–Kier alpha value is -1.89. The summed E-state index contributed by atoms with van der Waals surface area (Å²) >= 11 is 0. The van der Waals surface area contributed by atoms with E-state index in [0.717, 1.165) is 5.56 Å². The Morgan fingerprint density at radius 3 is 2.56 bits per heavy atom. The van der Waals surface area contributed by atoms with Gasteiger partial charge in [0.25, 0.3) is 0 Å². The highest BCUT2D eigenvalue weighted by Crippen LogP contribution is 2.17. The van der Waals surface area contributed by atoms with Crippen LogP contribution in [0.4, 0.5) is 5.82 Å². The predicted molar refractivity (Wildman–Crippen MR) is 61.8 cm³/mol. The van der Waals surface area contributed by atoms with Gasteiger partial charge < -0.3 is 5.32 Å². The normalized spacial score (nSPS) is 10.7. The van der Waals surface area contributed by atoms with Crippen molar-refractivity contribution in [2.24, 2.45) is 5.41 Å². The number of pyridine rings is 1. The van der Waals surface area contributed by atoms with Crippen LogP contribution < -0.4 is 5.32 Å². The zero-order chi connectivity index (χ0) is 12.3. The monoisotopic (exact) mass is 217 g/mol. The SMILES string of the molecule is Cc1ccc(NC(=O)C(C)(C)C)nc1C#N. The number of nitrogens with one attached hydrogen (secondary N) is 1. The molecule has 0 atom stereocenters. The van der Waals surface area contributed by atoms with E-state index >= 15 is 0 Å². The van der Waals surface area contributed by atoms with E-state index in [1.165, 1.54) is 0 Å². The molecule has 0 fully saturated rings. The molecule has 1 aromatic rings. The van der Waals surface area contributed by atoms with E-state index in [4.69, 9.17) is 5.26 Å². The van der Waals surface area contributed by atoms with E-state index in [1.54, 1.807) is 19.1 Å². The van der Waals surface area contributed by atoms with Crippen LogP contribution in [-0.2, 0) is 4.79 Å². The van der Waals surface area contributed by atoms with Gasteiger partial charge in [-0.15, -0.1) is 0 Å². The molecule has 1 heterocycles. The van der Waals surface area contributed by atoms with E-state index < -0.39 is 5.41 Å². The lowest BCUT2D eigenvalue weighted by Gasteiger charge is -2.17. The van der Waals surface area contributed by atoms with Gasteiger partial charge >= 0.3 is 0 Å². The Balaban J connectivity index is 2.92. The summed E-state index contributed by atoms with van der Waals surface area (Å²) in [6, 6.07) is 5.45. The summed E-state index contributed by atoms with van der Waals surface area (Å²) in [6.07, 6.45) is 0. The van der Waals surface area contributed by atoms with Crippen molar-refractivity contribution >= 4 is 11.7 Å². The molecule has 84 valence electrons. The standard InChI is InChI=1S/C12H15N3O/c1-8-5-6-10(14-9(8)7-13)15-11(16)12(2,3)4/h5-6H,1-4H3,(H,14,15,16). The van der Waals surface area contributed by atoms with Crippen molar-refractivity contribution in [1.82, 2.24) is 4.98 Å².